The number of carbonyl (C=O) groups is 2. The Morgan fingerprint density at radius 2 is 1.75 bits per heavy atom. The molecule has 2 aromatic rings. The van der Waals surface area contributed by atoms with Crippen LogP contribution in [0.2, 0.25) is 0 Å². The van der Waals surface area contributed by atoms with Gasteiger partial charge in [-0.1, -0.05) is 12.1 Å². The van der Waals surface area contributed by atoms with Crippen molar-refractivity contribution in [2.45, 2.75) is 6.92 Å². The predicted octanol–water partition coefficient (Wildman–Crippen LogP) is 2.73. The summed E-state index contributed by atoms with van der Waals surface area (Å²) >= 11 is 0. The second-order valence-corrected chi connectivity index (χ2v) is 5.23. The van der Waals surface area contributed by atoms with E-state index in [9.17, 15) is 9.59 Å². The highest BCUT2D eigenvalue weighted by Gasteiger charge is 2.07. The van der Waals surface area contributed by atoms with Gasteiger partial charge in [-0.2, -0.15) is 0 Å². The summed E-state index contributed by atoms with van der Waals surface area (Å²) in [5.74, 6) is 0.461. The molecule has 0 spiro atoms. The fraction of sp³-hybridized carbons (Fsp3) is 0.222. The molecule has 0 aromatic heterocycles. The lowest BCUT2D eigenvalue weighted by atomic mass is 10.2. The maximum absolute atomic E-state index is 12.0. The number of ether oxygens (including phenoxy) is 1. The van der Waals surface area contributed by atoms with Gasteiger partial charge in [-0.3, -0.25) is 9.59 Å². The smallest absolute Gasteiger partial charge is 0.243 e. The molecular weight excluding hydrogens is 306 g/mol. The topological polar surface area (TPSA) is 70.7 Å². The van der Waals surface area contributed by atoms with E-state index in [4.69, 9.17) is 4.74 Å². The molecule has 126 valence electrons. The zero-order valence-corrected chi connectivity index (χ0v) is 14.0. The van der Waals surface area contributed by atoms with E-state index in [1.165, 1.54) is 11.8 Å². The molecule has 0 radical (unpaired) electrons. The normalized spacial score (nSPS) is 9.96. The molecular formula is C18H21N3O3. The minimum Gasteiger partial charge on any atom is -0.495 e. The molecule has 2 amide bonds. The van der Waals surface area contributed by atoms with Crippen LogP contribution in [0, 0.1) is 0 Å². The summed E-state index contributed by atoms with van der Waals surface area (Å²) in [6.45, 7) is 1.62. The van der Waals surface area contributed by atoms with Crippen LogP contribution in [0.1, 0.15) is 6.92 Å². The first-order valence-corrected chi connectivity index (χ1v) is 7.52. The van der Waals surface area contributed by atoms with E-state index in [-0.39, 0.29) is 18.4 Å². The Morgan fingerprint density at radius 1 is 1.08 bits per heavy atom. The van der Waals surface area contributed by atoms with Gasteiger partial charge in [-0.25, -0.2) is 0 Å². The third-order valence-corrected chi connectivity index (χ3v) is 3.56. The lowest BCUT2D eigenvalue weighted by Crippen LogP contribution is -2.23. The zero-order chi connectivity index (χ0) is 17.5. The molecule has 2 aromatic carbocycles. The third kappa shape index (κ3) is 4.49. The molecule has 0 aliphatic rings. The number of rotatable bonds is 6. The van der Waals surface area contributed by atoms with Gasteiger partial charge in [-0.15, -0.1) is 0 Å². The highest BCUT2D eigenvalue weighted by molar-refractivity contribution is 5.95. The van der Waals surface area contributed by atoms with Crippen LogP contribution in [0.25, 0.3) is 0 Å². The highest BCUT2D eigenvalue weighted by atomic mass is 16.5. The Kier molecular flexibility index (Phi) is 5.78. The summed E-state index contributed by atoms with van der Waals surface area (Å²) in [4.78, 5) is 24.9. The monoisotopic (exact) mass is 327 g/mol. The van der Waals surface area contributed by atoms with Gasteiger partial charge in [-0.05, 0) is 36.4 Å². The summed E-state index contributed by atoms with van der Waals surface area (Å²) in [6.07, 6.45) is 0. The second kappa shape index (κ2) is 8.01. The summed E-state index contributed by atoms with van der Waals surface area (Å²) in [7, 11) is 3.29. The molecule has 0 bridgehead atoms. The Bertz CT molecular complexity index is 714. The number of para-hydroxylation sites is 2. The number of amides is 2. The molecule has 0 unspecified atom stereocenters. The van der Waals surface area contributed by atoms with Crippen LogP contribution in [0.15, 0.2) is 48.5 Å². The lowest BCUT2D eigenvalue weighted by Gasteiger charge is -2.15. The molecule has 0 aliphatic carbocycles. The van der Waals surface area contributed by atoms with Crippen molar-refractivity contribution < 1.29 is 14.3 Å². The van der Waals surface area contributed by atoms with Crippen molar-refractivity contribution in [1.29, 1.82) is 0 Å². The van der Waals surface area contributed by atoms with E-state index in [0.29, 0.717) is 11.4 Å². The minimum atomic E-state index is -0.173. The third-order valence-electron chi connectivity index (χ3n) is 3.56. The number of anilines is 3. The van der Waals surface area contributed by atoms with Crippen molar-refractivity contribution >= 4 is 28.9 Å². The molecule has 0 heterocycles. The number of carbonyl (C=O) groups excluding carboxylic acids is 2. The SMILES string of the molecule is COc1ccccc1NCC(=O)Nc1ccc(N(C)C(C)=O)cc1. The predicted molar refractivity (Wildman–Crippen MR) is 95.6 cm³/mol. The van der Waals surface area contributed by atoms with Gasteiger partial charge < -0.3 is 20.3 Å². The molecule has 2 rings (SSSR count). The fourth-order valence-corrected chi connectivity index (χ4v) is 2.12. The van der Waals surface area contributed by atoms with Crippen molar-refractivity contribution in [1.82, 2.24) is 0 Å². The lowest BCUT2D eigenvalue weighted by molar-refractivity contribution is -0.116. The van der Waals surface area contributed by atoms with Crippen molar-refractivity contribution in [2.75, 3.05) is 36.2 Å². The largest absolute Gasteiger partial charge is 0.495 e. The molecule has 0 atom stereocenters. The number of hydrogen-bond donors (Lipinski definition) is 2. The van der Waals surface area contributed by atoms with Gasteiger partial charge in [0.2, 0.25) is 11.8 Å². The average Bonchev–Trinajstić information content (AvgIpc) is 2.60. The Labute approximate surface area is 141 Å². The van der Waals surface area contributed by atoms with Gasteiger partial charge >= 0.3 is 0 Å². The van der Waals surface area contributed by atoms with Gasteiger partial charge in [0.15, 0.2) is 0 Å². The van der Waals surface area contributed by atoms with Crippen molar-refractivity contribution in [2.24, 2.45) is 0 Å². The summed E-state index contributed by atoms with van der Waals surface area (Å²) < 4.78 is 5.22. The van der Waals surface area contributed by atoms with E-state index in [1.54, 1.807) is 38.4 Å². The first-order chi connectivity index (χ1) is 11.5. The fourth-order valence-electron chi connectivity index (χ4n) is 2.12. The highest BCUT2D eigenvalue weighted by Crippen LogP contribution is 2.22. The van der Waals surface area contributed by atoms with Crippen molar-refractivity contribution in [3.63, 3.8) is 0 Å². The number of methoxy groups -OCH3 is 1. The van der Waals surface area contributed by atoms with Crippen molar-refractivity contribution in [3.05, 3.63) is 48.5 Å². The molecule has 0 fully saturated rings. The summed E-state index contributed by atoms with van der Waals surface area (Å²) in [6, 6.07) is 14.5. The molecule has 2 N–H and O–H groups in total. The first kappa shape index (κ1) is 17.3. The number of benzene rings is 2. The summed E-state index contributed by atoms with van der Waals surface area (Å²) in [5, 5.41) is 5.84. The van der Waals surface area contributed by atoms with Crippen LogP contribution in [-0.2, 0) is 9.59 Å². The van der Waals surface area contributed by atoms with Crippen LogP contribution in [0.3, 0.4) is 0 Å². The van der Waals surface area contributed by atoms with Crippen LogP contribution in [0.5, 0.6) is 5.75 Å². The molecule has 6 heteroatoms. The van der Waals surface area contributed by atoms with Crippen LogP contribution in [-0.4, -0.2) is 32.5 Å². The van der Waals surface area contributed by atoms with E-state index < -0.39 is 0 Å². The molecule has 6 nitrogen and oxygen atoms in total. The Morgan fingerprint density at radius 3 is 2.38 bits per heavy atom. The van der Waals surface area contributed by atoms with Crippen LogP contribution >= 0.6 is 0 Å². The van der Waals surface area contributed by atoms with E-state index in [1.807, 2.05) is 24.3 Å². The standard InChI is InChI=1S/C18H21N3O3/c1-13(22)21(2)15-10-8-14(9-11-15)20-18(23)12-19-16-6-4-5-7-17(16)24-3/h4-11,19H,12H2,1-3H3,(H,20,23). The number of hydrogen-bond acceptors (Lipinski definition) is 4. The van der Waals surface area contributed by atoms with E-state index in [2.05, 4.69) is 10.6 Å². The molecule has 0 saturated heterocycles. The van der Waals surface area contributed by atoms with Crippen LogP contribution < -0.4 is 20.3 Å². The minimum absolute atomic E-state index is 0.0483. The maximum Gasteiger partial charge on any atom is 0.243 e. The molecule has 24 heavy (non-hydrogen) atoms. The van der Waals surface area contributed by atoms with Gasteiger partial charge in [0, 0.05) is 25.3 Å². The second-order valence-electron chi connectivity index (χ2n) is 5.23. The first-order valence-electron chi connectivity index (χ1n) is 7.52. The van der Waals surface area contributed by atoms with Gasteiger partial charge in [0.1, 0.15) is 5.75 Å². The maximum atomic E-state index is 12.0. The van der Waals surface area contributed by atoms with Crippen LogP contribution in [0.4, 0.5) is 17.1 Å². The molecule has 0 saturated carbocycles. The molecule has 0 aliphatic heterocycles. The Balaban J connectivity index is 1.91. The summed E-state index contributed by atoms with van der Waals surface area (Å²) in [5.41, 5.74) is 2.20. The zero-order valence-electron chi connectivity index (χ0n) is 14.0. The van der Waals surface area contributed by atoms with E-state index >= 15 is 0 Å². The number of nitrogens with zero attached hydrogens (tertiary/aromatic N) is 1. The van der Waals surface area contributed by atoms with Crippen molar-refractivity contribution in [3.8, 4) is 5.75 Å². The van der Waals surface area contributed by atoms with Gasteiger partial charge in [0.05, 0.1) is 19.3 Å². The van der Waals surface area contributed by atoms with E-state index in [0.717, 1.165) is 11.4 Å². The quantitative estimate of drug-likeness (QED) is 0.856. The Hall–Kier alpha value is -3.02. The average molecular weight is 327 g/mol. The van der Waals surface area contributed by atoms with Gasteiger partial charge in [0.25, 0.3) is 0 Å². The number of nitrogens with one attached hydrogen (secondary N) is 2.